The predicted molar refractivity (Wildman–Crippen MR) is 135 cm³/mol. The summed E-state index contributed by atoms with van der Waals surface area (Å²) in [6.45, 7) is 14.6. The number of nitrogens with zero attached hydrogens (tertiary/aromatic N) is 3. The SMILES string of the molecule is C/C=C/C(=C\N(C)C(C)(C)C)c1ccc2c(c1)N(C(=O)OC(C)C)C[C@H](C)N2C(=O)C1CC1. The maximum Gasteiger partial charge on any atom is 0.414 e. The molecule has 2 amide bonds. The van der Waals surface area contributed by atoms with E-state index in [2.05, 4.69) is 45.0 Å². The van der Waals surface area contributed by atoms with E-state index in [1.165, 1.54) is 0 Å². The third-order valence-corrected chi connectivity index (χ3v) is 6.20. The first-order valence-electron chi connectivity index (χ1n) is 12.0. The van der Waals surface area contributed by atoms with Gasteiger partial charge in [0.05, 0.1) is 23.5 Å². The lowest BCUT2D eigenvalue weighted by Gasteiger charge is -2.41. The van der Waals surface area contributed by atoms with Crippen LogP contribution in [0.1, 0.15) is 66.9 Å². The van der Waals surface area contributed by atoms with Gasteiger partial charge in [0.25, 0.3) is 0 Å². The third kappa shape index (κ3) is 5.60. The van der Waals surface area contributed by atoms with E-state index < -0.39 is 0 Å². The quantitative estimate of drug-likeness (QED) is 0.526. The maximum absolute atomic E-state index is 13.1. The van der Waals surface area contributed by atoms with E-state index in [9.17, 15) is 9.59 Å². The third-order valence-electron chi connectivity index (χ3n) is 6.20. The number of hydrogen-bond acceptors (Lipinski definition) is 4. The van der Waals surface area contributed by atoms with Crippen molar-refractivity contribution >= 4 is 28.9 Å². The van der Waals surface area contributed by atoms with Gasteiger partial charge in [0, 0.05) is 31.2 Å². The number of amides is 2. The lowest BCUT2D eigenvalue weighted by Crippen LogP contribution is -2.52. The normalized spacial score (nSPS) is 19.2. The minimum atomic E-state index is -0.378. The summed E-state index contributed by atoms with van der Waals surface area (Å²) in [7, 11) is 2.06. The molecule has 0 saturated heterocycles. The largest absolute Gasteiger partial charge is 0.446 e. The molecule has 0 unspecified atom stereocenters. The minimum absolute atomic E-state index is 0.0307. The number of carbonyl (C=O) groups excluding carboxylic acids is 2. The number of carbonyl (C=O) groups is 2. The number of hydrogen-bond donors (Lipinski definition) is 0. The molecule has 0 bridgehead atoms. The van der Waals surface area contributed by atoms with E-state index >= 15 is 0 Å². The number of benzene rings is 1. The highest BCUT2D eigenvalue weighted by Gasteiger charge is 2.41. The molecule has 1 aromatic rings. The zero-order valence-electron chi connectivity index (χ0n) is 21.4. The molecule has 6 heteroatoms. The second-order valence-corrected chi connectivity index (χ2v) is 10.4. The zero-order valence-corrected chi connectivity index (χ0v) is 21.4. The van der Waals surface area contributed by atoms with Crippen LogP contribution in [0.25, 0.3) is 5.57 Å². The van der Waals surface area contributed by atoms with Gasteiger partial charge in [0.15, 0.2) is 0 Å². The second-order valence-electron chi connectivity index (χ2n) is 10.4. The molecular formula is C27H39N3O3. The number of allylic oxidation sites excluding steroid dienone is 3. The van der Waals surface area contributed by atoms with Gasteiger partial charge in [-0.25, -0.2) is 4.79 Å². The van der Waals surface area contributed by atoms with Crippen LogP contribution in [0.4, 0.5) is 16.2 Å². The van der Waals surface area contributed by atoms with Crippen LogP contribution in [0.3, 0.4) is 0 Å². The Balaban J connectivity index is 2.10. The van der Waals surface area contributed by atoms with Gasteiger partial charge in [-0.2, -0.15) is 0 Å². The standard InChI is InChI=1S/C27H39N3O3/c1-9-10-22(17-28(8)27(5,6)7)21-13-14-23-24(15-21)29(26(32)33-18(2)3)16-19(4)30(23)25(31)20-11-12-20/h9-10,13-15,17-20H,11-12,16H2,1-8H3/b10-9+,22-17+/t19-/m0/s1. The van der Waals surface area contributed by atoms with Crippen molar-refractivity contribution in [2.24, 2.45) is 5.92 Å². The first-order chi connectivity index (χ1) is 15.4. The minimum Gasteiger partial charge on any atom is -0.446 e. The number of fused-ring (bicyclic) bond motifs is 1. The molecule has 6 nitrogen and oxygen atoms in total. The Labute approximate surface area is 198 Å². The van der Waals surface area contributed by atoms with Crippen LogP contribution in [-0.2, 0) is 9.53 Å². The highest BCUT2D eigenvalue weighted by Crippen LogP contribution is 2.42. The molecule has 0 spiro atoms. The molecular weight excluding hydrogens is 414 g/mol. The Morgan fingerprint density at radius 2 is 1.85 bits per heavy atom. The van der Waals surface area contributed by atoms with Gasteiger partial charge in [0.2, 0.25) is 5.91 Å². The van der Waals surface area contributed by atoms with E-state index in [0.29, 0.717) is 6.54 Å². The molecule has 1 saturated carbocycles. The van der Waals surface area contributed by atoms with Crippen molar-refractivity contribution in [1.29, 1.82) is 0 Å². The van der Waals surface area contributed by atoms with E-state index in [1.54, 1.807) is 4.90 Å². The maximum atomic E-state index is 13.1. The molecule has 1 aliphatic heterocycles. The predicted octanol–water partition coefficient (Wildman–Crippen LogP) is 5.83. The van der Waals surface area contributed by atoms with Gasteiger partial charge in [-0.15, -0.1) is 0 Å². The average Bonchev–Trinajstić information content (AvgIpc) is 3.56. The van der Waals surface area contributed by atoms with Crippen LogP contribution in [0.5, 0.6) is 0 Å². The van der Waals surface area contributed by atoms with Crippen LogP contribution >= 0.6 is 0 Å². The Bertz CT molecular complexity index is 954. The topological polar surface area (TPSA) is 53.1 Å². The number of anilines is 2. The second kappa shape index (κ2) is 9.62. The van der Waals surface area contributed by atoms with Gasteiger partial charge in [-0.1, -0.05) is 18.2 Å². The molecule has 33 heavy (non-hydrogen) atoms. The van der Waals surface area contributed by atoms with Gasteiger partial charge in [-0.05, 0) is 84.6 Å². The summed E-state index contributed by atoms with van der Waals surface area (Å²) in [5, 5.41) is 0. The fourth-order valence-corrected chi connectivity index (χ4v) is 3.90. The van der Waals surface area contributed by atoms with E-state index in [-0.39, 0.29) is 35.6 Å². The van der Waals surface area contributed by atoms with Crippen molar-refractivity contribution in [2.45, 2.75) is 79.0 Å². The fourth-order valence-electron chi connectivity index (χ4n) is 3.90. The first-order valence-corrected chi connectivity index (χ1v) is 12.0. The van der Waals surface area contributed by atoms with Crippen molar-refractivity contribution in [3.05, 3.63) is 42.1 Å². The Kier molecular flexibility index (Phi) is 7.25. The molecule has 180 valence electrons. The van der Waals surface area contributed by atoms with Crippen LogP contribution in [-0.4, -0.2) is 48.2 Å². The smallest absolute Gasteiger partial charge is 0.414 e. The Morgan fingerprint density at radius 1 is 1.18 bits per heavy atom. The van der Waals surface area contributed by atoms with Crippen LogP contribution < -0.4 is 9.80 Å². The molecule has 3 rings (SSSR count). The lowest BCUT2D eigenvalue weighted by atomic mass is 9.99. The van der Waals surface area contributed by atoms with Gasteiger partial charge in [-0.3, -0.25) is 9.69 Å². The first kappa shape index (κ1) is 24.9. The molecule has 1 atom stereocenters. The van der Waals surface area contributed by atoms with Crippen molar-refractivity contribution in [3.8, 4) is 0 Å². The summed E-state index contributed by atoms with van der Waals surface area (Å²) in [5.41, 5.74) is 3.49. The number of rotatable bonds is 5. The molecule has 0 N–H and O–H groups in total. The molecule has 0 aromatic heterocycles. The Morgan fingerprint density at radius 3 is 2.39 bits per heavy atom. The van der Waals surface area contributed by atoms with E-state index in [1.807, 2.05) is 56.9 Å². The molecule has 0 radical (unpaired) electrons. The fraction of sp³-hybridized carbons (Fsp3) is 0.556. The molecule has 1 fully saturated rings. The summed E-state index contributed by atoms with van der Waals surface area (Å²) in [5.74, 6) is 0.262. The summed E-state index contributed by atoms with van der Waals surface area (Å²) in [6.07, 6.45) is 7.50. The van der Waals surface area contributed by atoms with Crippen molar-refractivity contribution in [3.63, 3.8) is 0 Å². The van der Waals surface area contributed by atoms with Crippen molar-refractivity contribution in [2.75, 3.05) is 23.4 Å². The monoisotopic (exact) mass is 453 g/mol. The molecule has 1 aromatic carbocycles. The molecule has 1 aliphatic carbocycles. The van der Waals surface area contributed by atoms with Crippen LogP contribution in [0, 0.1) is 5.92 Å². The van der Waals surface area contributed by atoms with Crippen molar-refractivity contribution in [1.82, 2.24) is 4.90 Å². The summed E-state index contributed by atoms with van der Waals surface area (Å²) in [4.78, 5) is 31.9. The van der Waals surface area contributed by atoms with Gasteiger partial charge in [0.1, 0.15) is 0 Å². The van der Waals surface area contributed by atoms with Gasteiger partial charge < -0.3 is 14.5 Å². The van der Waals surface area contributed by atoms with E-state index in [0.717, 1.165) is 35.4 Å². The van der Waals surface area contributed by atoms with Gasteiger partial charge >= 0.3 is 6.09 Å². The summed E-state index contributed by atoms with van der Waals surface area (Å²) in [6, 6.07) is 5.91. The molecule has 2 aliphatic rings. The molecule has 1 heterocycles. The van der Waals surface area contributed by atoms with Crippen LogP contribution in [0.2, 0.25) is 0 Å². The zero-order chi connectivity index (χ0) is 24.5. The lowest BCUT2D eigenvalue weighted by molar-refractivity contribution is -0.120. The number of ether oxygens (including phenoxy) is 1. The average molecular weight is 454 g/mol. The highest BCUT2D eigenvalue weighted by atomic mass is 16.6. The highest BCUT2D eigenvalue weighted by molar-refractivity contribution is 6.05. The summed E-state index contributed by atoms with van der Waals surface area (Å²) >= 11 is 0. The Hall–Kier alpha value is -2.76. The van der Waals surface area contributed by atoms with E-state index in [4.69, 9.17) is 4.74 Å². The summed E-state index contributed by atoms with van der Waals surface area (Å²) < 4.78 is 5.55. The van der Waals surface area contributed by atoms with Crippen LogP contribution in [0.15, 0.2) is 36.6 Å². The van der Waals surface area contributed by atoms with Crippen molar-refractivity contribution < 1.29 is 14.3 Å².